The highest BCUT2D eigenvalue weighted by Crippen LogP contribution is 2.32. The Morgan fingerprint density at radius 3 is 2.66 bits per heavy atom. The summed E-state index contributed by atoms with van der Waals surface area (Å²) in [7, 11) is -4.08. The largest absolute Gasteiger partial charge is 0.486 e. The molecule has 0 spiro atoms. The Kier molecular flexibility index (Phi) is 5.60. The van der Waals surface area contributed by atoms with Gasteiger partial charge in [0.25, 0.3) is 0 Å². The predicted octanol–water partition coefficient (Wildman–Crippen LogP) is 0.854. The monoisotopic (exact) mass is 416 g/mol. The number of aliphatic hydroxyl groups is 2. The van der Waals surface area contributed by atoms with E-state index in [-0.39, 0.29) is 28.3 Å². The van der Waals surface area contributed by atoms with E-state index in [1.165, 1.54) is 30.3 Å². The minimum atomic E-state index is -4.08. The summed E-state index contributed by atoms with van der Waals surface area (Å²) in [5.74, 6) is 1.48. The lowest BCUT2D eigenvalue weighted by Gasteiger charge is -2.27. The highest BCUT2D eigenvalue weighted by Gasteiger charge is 2.51. The molecule has 1 fully saturated rings. The number of nitriles is 1. The first-order chi connectivity index (χ1) is 13.7. The molecule has 7 nitrogen and oxygen atoms in total. The van der Waals surface area contributed by atoms with Crippen LogP contribution in [0, 0.1) is 29.5 Å². The van der Waals surface area contributed by atoms with Gasteiger partial charge in [-0.3, -0.25) is 0 Å². The molecule has 9 heteroatoms. The van der Waals surface area contributed by atoms with Gasteiger partial charge < -0.3 is 14.9 Å². The standard InChI is InChI=1S/C20H17FN2O5S/c1-2-14-5-3-4-6-18(14)29(26,27)23-11-19(20(25,12-23)13-24)28-16-8-7-15(10-22)17(21)9-16/h1,3-9,19,24-25H,11-13H2/t19?,20-/m1/s1. The van der Waals surface area contributed by atoms with Crippen molar-refractivity contribution in [1.82, 2.24) is 4.31 Å². The summed E-state index contributed by atoms with van der Waals surface area (Å²) in [5.41, 5.74) is -1.93. The number of β-amino-alcohol motifs (C(OH)–C–C–N with tert-alkyl or cyclic N) is 1. The average Bonchev–Trinajstić information content (AvgIpc) is 3.06. The third-order valence-corrected chi connectivity index (χ3v) is 6.56. The fourth-order valence-corrected chi connectivity index (χ4v) is 4.74. The average molecular weight is 416 g/mol. The maximum Gasteiger partial charge on any atom is 0.244 e. The highest BCUT2D eigenvalue weighted by atomic mass is 32.2. The summed E-state index contributed by atoms with van der Waals surface area (Å²) in [5, 5.41) is 29.2. The van der Waals surface area contributed by atoms with Gasteiger partial charge in [-0.25, -0.2) is 12.8 Å². The van der Waals surface area contributed by atoms with E-state index in [0.29, 0.717) is 0 Å². The minimum absolute atomic E-state index is 0.0124. The van der Waals surface area contributed by atoms with E-state index in [1.54, 1.807) is 12.1 Å². The van der Waals surface area contributed by atoms with Crippen LogP contribution in [0.15, 0.2) is 47.4 Å². The number of halogens is 1. The van der Waals surface area contributed by atoms with Gasteiger partial charge >= 0.3 is 0 Å². The number of hydrogen-bond donors (Lipinski definition) is 2. The molecule has 0 bridgehead atoms. The Labute approximate surface area is 167 Å². The topological polar surface area (TPSA) is 111 Å². The van der Waals surface area contributed by atoms with Crippen LogP contribution >= 0.6 is 0 Å². The lowest BCUT2D eigenvalue weighted by atomic mass is 10.0. The molecular formula is C20H17FN2O5S. The van der Waals surface area contributed by atoms with Gasteiger partial charge in [-0.15, -0.1) is 6.42 Å². The lowest BCUT2D eigenvalue weighted by Crippen LogP contribution is -2.48. The van der Waals surface area contributed by atoms with Gasteiger partial charge in [-0.05, 0) is 24.3 Å². The molecule has 150 valence electrons. The number of terminal acetylenes is 1. The summed E-state index contributed by atoms with van der Waals surface area (Å²) in [6, 6.07) is 11.1. The van der Waals surface area contributed by atoms with Crippen molar-refractivity contribution < 1.29 is 27.8 Å². The van der Waals surface area contributed by atoms with Crippen molar-refractivity contribution in [3.8, 4) is 24.2 Å². The fraction of sp³-hybridized carbons (Fsp3) is 0.250. The molecule has 1 aliphatic rings. The summed E-state index contributed by atoms with van der Waals surface area (Å²) in [6.45, 7) is -1.51. The van der Waals surface area contributed by atoms with Gasteiger partial charge in [0.1, 0.15) is 29.3 Å². The third-order valence-electron chi connectivity index (χ3n) is 4.69. The van der Waals surface area contributed by atoms with Crippen LogP contribution in [0.1, 0.15) is 11.1 Å². The van der Waals surface area contributed by atoms with Gasteiger partial charge in [0, 0.05) is 18.2 Å². The van der Waals surface area contributed by atoms with Gasteiger partial charge in [0.15, 0.2) is 0 Å². The normalized spacial score (nSPS) is 22.0. The van der Waals surface area contributed by atoms with Crippen LogP contribution in [0.3, 0.4) is 0 Å². The van der Waals surface area contributed by atoms with E-state index >= 15 is 0 Å². The van der Waals surface area contributed by atoms with Crippen LogP contribution in [0.25, 0.3) is 0 Å². The summed E-state index contributed by atoms with van der Waals surface area (Å²) >= 11 is 0. The molecule has 2 aromatic rings. The third kappa shape index (κ3) is 3.82. The first-order valence-electron chi connectivity index (χ1n) is 8.50. The van der Waals surface area contributed by atoms with E-state index in [2.05, 4.69) is 5.92 Å². The van der Waals surface area contributed by atoms with Gasteiger partial charge in [0.2, 0.25) is 10.0 Å². The van der Waals surface area contributed by atoms with Crippen molar-refractivity contribution in [3.63, 3.8) is 0 Å². The first-order valence-corrected chi connectivity index (χ1v) is 9.94. The van der Waals surface area contributed by atoms with Crippen molar-refractivity contribution >= 4 is 10.0 Å². The zero-order valence-electron chi connectivity index (χ0n) is 15.1. The summed E-state index contributed by atoms with van der Waals surface area (Å²) < 4.78 is 46.4. The van der Waals surface area contributed by atoms with Crippen molar-refractivity contribution in [3.05, 3.63) is 59.4 Å². The smallest absolute Gasteiger partial charge is 0.244 e. The van der Waals surface area contributed by atoms with Crippen LogP contribution in [-0.2, 0) is 10.0 Å². The molecule has 0 radical (unpaired) electrons. The Bertz CT molecular complexity index is 1120. The Hall–Kier alpha value is -2.95. The van der Waals surface area contributed by atoms with Crippen molar-refractivity contribution in [2.75, 3.05) is 19.7 Å². The molecule has 0 saturated carbocycles. The van der Waals surface area contributed by atoms with Crippen LogP contribution < -0.4 is 4.74 Å². The molecule has 1 unspecified atom stereocenters. The van der Waals surface area contributed by atoms with E-state index in [0.717, 1.165) is 10.4 Å². The number of sulfonamides is 1. The number of rotatable bonds is 5. The van der Waals surface area contributed by atoms with Crippen molar-refractivity contribution in [1.29, 1.82) is 5.26 Å². The van der Waals surface area contributed by atoms with Gasteiger partial charge in [0.05, 0.1) is 23.6 Å². The van der Waals surface area contributed by atoms with Crippen LogP contribution in [0.4, 0.5) is 4.39 Å². The number of nitrogens with zero attached hydrogens (tertiary/aromatic N) is 2. The van der Waals surface area contributed by atoms with E-state index < -0.39 is 40.7 Å². The number of benzene rings is 2. The van der Waals surface area contributed by atoms with Crippen LogP contribution in [-0.4, -0.2) is 54.3 Å². The predicted molar refractivity (Wildman–Crippen MR) is 101 cm³/mol. The van der Waals surface area contributed by atoms with Gasteiger partial charge in [-0.1, -0.05) is 18.1 Å². The molecule has 0 aromatic heterocycles. The van der Waals surface area contributed by atoms with E-state index in [9.17, 15) is 23.0 Å². The molecule has 2 N–H and O–H groups in total. The zero-order chi connectivity index (χ0) is 21.2. The van der Waals surface area contributed by atoms with Crippen molar-refractivity contribution in [2.45, 2.75) is 16.6 Å². The second-order valence-corrected chi connectivity index (χ2v) is 8.47. The lowest BCUT2D eigenvalue weighted by molar-refractivity contribution is -0.0641. The first kappa shape index (κ1) is 20.8. The Morgan fingerprint density at radius 1 is 1.31 bits per heavy atom. The summed E-state index contributed by atoms with van der Waals surface area (Å²) in [4.78, 5) is -0.104. The summed E-state index contributed by atoms with van der Waals surface area (Å²) in [6.07, 6.45) is 4.21. The molecular weight excluding hydrogens is 399 g/mol. The SMILES string of the molecule is C#Cc1ccccc1S(=O)(=O)N1CC(Oc2ccc(C#N)c(F)c2)[C@](O)(CO)C1. The Morgan fingerprint density at radius 2 is 2.03 bits per heavy atom. The van der Waals surface area contributed by atoms with Crippen LogP contribution in [0.2, 0.25) is 0 Å². The second-order valence-electron chi connectivity index (χ2n) is 6.56. The zero-order valence-corrected chi connectivity index (χ0v) is 15.9. The number of hydrogen-bond acceptors (Lipinski definition) is 6. The second kappa shape index (κ2) is 7.82. The Balaban J connectivity index is 1.91. The molecule has 2 aromatic carbocycles. The molecule has 1 saturated heterocycles. The number of ether oxygens (including phenoxy) is 1. The molecule has 1 heterocycles. The van der Waals surface area contributed by atoms with E-state index in [4.69, 9.17) is 16.4 Å². The minimum Gasteiger partial charge on any atom is -0.486 e. The molecule has 1 aliphatic heterocycles. The molecule has 3 rings (SSSR count). The highest BCUT2D eigenvalue weighted by molar-refractivity contribution is 7.89. The number of aliphatic hydroxyl groups excluding tert-OH is 1. The van der Waals surface area contributed by atoms with E-state index in [1.807, 2.05) is 0 Å². The quantitative estimate of drug-likeness (QED) is 0.700. The van der Waals surface area contributed by atoms with Crippen LogP contribution in [0.5, 0.6) is 5.75 Å². The molecule has 0 aliphatic carbocycles. The van der Waals surface area contributed by atoms with Crippen molar-refractivity contribution in [2.24, 2.45) is 0 Å². The molecule has 29 heavy (non-hydrogen) atoms. The maximum atomic E-state index is 13.8. The molecule has 2 atom stereocenters. The molecule has 0 amide bonds. The fourth-order valence-electron chi connectivity index (χ4n) is 3.08. The maximum absolute atomic E-state index is 13.8. The van der Waals surface area contributed by atoms with Gasteiger partial charge in [-0.2, -0.15) is 9.57 Å².